The standard InChI is InChI=1S/C13H12BrNO4/c14-9-3-1-2-8(6-9)7-19-11-10(13(17)18)4-5-15-12(11)16/h1-3,6H,4-5,7H2,(H,15,16)(H,17,18)/p-1. The summed E-state index contributed by atoms with van der Waals surface area (Å²) >= 11 is 3.32. The van der Waals surface area contributed by atoms with Crippen molar-refractivity contribution in [3.05, 3.63) is 45.6 Å². The van der Waals surface area contributed by atoms with Crippen molar-refractivity contribution in [2.45, 2.75) is 13.0 Å². The largest absolute Gasteiger partial charge is 0.545 e. The maximum absolute atomic E-state index is 11.6. The van der Waals surface area contributed by atoms with Crippen LogP contribution in [0.4, 0.5) is 0 Å². The highest BCUT2D eigenvalue weighted by atomic mass is 79.9. The van der Waals surface area contributed by atoms with E-state index in [-0.39, 0.29) is 30.9 Å². The Hall–Kier alpha value is -1.82. The molecule has 0 saturated carbocycles. The molecule has 100 valence electrons. The van der Waals surface area contributed by atoms with E-state index in [9.17, 15) is 14.7 Å². The SMILES string of the molecule is O=C([O-])C1=C(OCc2cccc(Br)c2)C(=O)NCC1. The lowest BCUT2D eigenvalue weighted by molar-refractivity contribution is -0.299. The lowest BCUT2D eigenvalue weighted by Gasteiger charge is -2.21. The van der Waals surface area contributed by atoms with Gasteiger partial charge in [-0.05, 0) is 24.1 Å². The number of rotatable bonds is 4. The molecule has 0 radical (unpaired) electrons. The number of carboxylic acids is 1. The summed E-state index contributed by atoms with van der Waals surface area (Å²) in [6.45, 7) is 0.408. The lowest BCUT2D eigenvalue weighted by Crippen LogP contribution is -2.38. The molecule has 1 aliphatic rings. The van der Waals surface area contributed by atoms with Gasteiger partial charge in [-0.25, -0.2) is 0 Å². The molecule has 0 fully saturated rings. The summed E-state index contributed by atoms with van der Waals surface area (Å²) in [5, 5.41) is 13.5. The van der Waals surface area contributed by atoms with Crippen molar-refractivity contribution in [2.24, 2.45) is 0 Å². The maximum atomic E-state index is 11.6. The smallest absolute Gasteiger partial charge is 0.286 e. The molecule has 6 heteroatoms. The van der Waals surface area contributed by atoms with Crippen LogP contribution in [0.2, 0.25) is 0 Å². The summed E-state index contributed by atoms with van der Waals surface area (Å²) in [6.07, 6.45) is 0.210. The highest BCUT2D eigenvalue weighted by Crippen LogP contribution is 2.18. The van der Waals surface area contributed by atoms with Crippen LogP contribution in [0.25, 0.3) is 0 Å². The minimum absolute atomic E-state index is 0.0845. The van der Waals surface area contributed by atoms with Crippen LogP contribution in [-0.4, -0.2) is 18.4 Å². The van der Waals surface area contributed by atoms with Gasteiger partial charge in [-0.2, -0.15) is 0 Å². The van der Waals surface area contributed by atoms with E-state index in [4.69, 9.17) is 4.74 Å². The maximum Gasteiger partial charge on any atom is 0.286 e. The normalized spacial score (nSPS) is 15.1. The fraction of sp³-hybridized carbons (Fsp3) is 0.231. The third-order valence-corrected chi connectivity index (χ3v) is 3.15. The number of benzene rings is 1. The summed E-state index contributed by atoms with van der Waals surface area (Å²) in [4.78, 5) is 22.5. The highest BCUT2D eigenvalue weighted by molar-refractivity contribution is 9.10. The molecule has 0 aliphatic carbocycles. The predicted octanol–water partition coefficient (Wildman–Crippen LogP) is 0.490. The third-order valence-electron chi connectivity index (χ3n) is 2.66. The number of hydrogen-bond donors (Lipinski definition) is 1. The molecule has 2 rings (SSSR count). The zero-order valence-electron chi connectivity index (χ0n) is 9.94. The molecule has 0 atom stereocenters. The van der Waals surface area contributed by atoms with E-state index in [2.05, 4.69) is 21.2 Å². The number of nitrogens with one attached hydrogen (secondary N) is 1. The number of amides is 1. The molecule has 1 amide bonds. The molecule has 1 heterocycles. The fourth-order valence-electron chi connectivity index (χ4n) is 1.76. The monoisotopic (exact) mass is 324 g/mol. The van der Waals surface area contributed by atoms with Crippen LogP contribution in [0.3, 0.4) is 0 Å². The Balaban J connectivity index is 2.16. The first-order chi connectivity index (χ1) is 9.08. The van der Waals surface area contributed by atoms with Crippen molar-refractivity contribution in [1.82, 2.24) is 5.32 Å². The average Bonchev–Trinajstić information content (AvgIpc) is 2.37. The van der Waals surface area contributed by atoms with Gasteiger partial charge in [-0.1, -0.05) is 28.1 Å². The first-order valence-electron chi connectivity index (χ1n) is 5.68. The van der Waals surface area contributed by atoms with Gasteiger partial charge in [0, 0.05) is 16.6 Å². The second-order valence-corrected chi connectivity index (χ2v) is 4.94. The number of carbonyl (C=O) groups is 2. The van der Waals surface area contributed by atoms with Crippen LogP contribution < -0.4 is 10.4 Å². The van der Waals surface area contributed by atoms with Crippen molar-refractivity contribution < 1.29 is 19.4 Å². The van der Waals surface area contributed by atoms with E-state index in [0.717, 1.165) is 10.0 Å². The molecule has 1 aliphatic heterocycles. The summed E-state index contributed by atoms with van der Waals surface area (Å²) < 4.78 is 6.22. The van der Waals surface area contributed by atoms with Crippen molar-refractivity contribution in [3.8, 4) is 0 Å². The Labute approximate surface area is 118 Å². The van der Waals surface area contributed by atoms with Crippen LogP contribution in [0.15, 0.2) is 40.1 Å². The van der Waals surface area contributed by atoms with Crippen LogP contribution in [-0.2, 0) is 20.9 Å². The van der Waals surface area contributed by atoms with Gasteiger partial charge in [0.1, 0.15) is 6.61 Å². The molecular formula is C13H11BrNO4-. The molecule has 0 spiro atoms. The third kappa shape index (κ3) is 3.35. The molecule has 1 aromatic rings. The summed E-state index contributed by atoms with van der Waals surface area (Å²) in [6, 6.07) is 7.35. The average molecular weight is 325 g/mol. The Morgan fingerprint density at radius 3 is 2.95 bits per heavy atom. The van der Waals surface area contributed by atoms with Gasteiger partial charge >= 0.3 is 0 Å². The van der Waals surface area contributed by atoms with Crippen molar-refractivity contribution in [3.63, 3.8) is 0 Å². The molecule has 1 aromatic carbocycles. The topological polar surface area (TPSA) is 78.5 Å². The van der Waals surface area contributed by atoms with E-state index in [1.807, 2.05) is 24.3 Å². The molecule has 5 nitrogen and oxygen atoms in total. The van der Waals surface area contributed by atoms with Gasteiger partial charge in [0.15, 0.2) is 5.76 Å². The molecule has 0 aromatic heterocycles. The van der Waals surface area contributed by atoms with Gasteiger partial charge in [0.2, 0.25) is 0 Å². The Kier molecular flexibility index (Phi) is 4.21. The van der Waals surface area contributed by atoms with Gasteiger partial charge in [0.05, 0.1) is 5.97 Å². The first-order valence-corrected chi connectivity index (χ1v) is 6.47. The van der Waals surface area contributed by atoms with E-state index in [0.29, 0.717) is 0 Å². The summed E-state index contributed by atoms with van der Waals surface area (Å²) in [5.41, 5.74) is 0.747. The van der Waals surface area contributed by atoms with Gasteiger partial charge in [-0.3, -0.25) is 4.79 Å². The number of hydrogen-bond acceptors (Lipinski definition) is 4. The second-order valence-electron chi connectivity index (χ2n) is 4.02. The van der Waals surface area contributed by atoms with Gasteiger partial charge in [0.25, 0.3) is 5.91 Å². The van der Waals surface area contributed by atoms with Crippen LogP contribution >= 0.6 is 15.9 Å². The van der Waals surface area contributed by atoms with Crippen LogP contribution in [0.1, 0.15) is 12.0 Å². The van der Waals surface area contributed by atoms with Crippen molar-refractivity contribution in [2.75, 3.05) is 6.54 Å². The number of ether oxygens (including phenoxy) is 1. The lowest BCUT2D eigenvalue weighted by atomic mass is 10.1. The zero-order chi connectivity index (χ0) is 13.8. The molecule has 0 bridgehead atoms. The number of aliphatic carboxylic acids is 1. The molecule has 0 unspecified atom stereocenters. The van der Waals surface area contributed by atoms with E-state index >= 15 is 0 Å². The Morgan fingerprint density at radius 2 is 2.26 bits per heavy atom. The summed E-state index contributed by atoms with van der Waals surface area (Å²) in [5.74, 6) is -2.04. The summed E-state index contributed by atoms with van der Waals surface area (Å²) in [7, 11) is 0. The second kappa shape index (κ2) is 5.88. The van der Waals surface area contributed by atoms with Crippen LogP contribution in [0, 0.1) is 0 Å². The molecular weight excluding hydrogens is 314 g/mol. The fourth-order valence-corrected chi connectivity index (χ4v) is 2.21. The number of halogens is 1. The van der Waals surface area contributed by atoms with E-state index in [1.165, 1.54) is 0 Å². The van der Waals surface area contributed by atoms with Crippen molar-refractivity contribution >= 4 is 27.8 Å². The van der Waals surface area contributed by atoms with Gasteiger partial charge < -0.3 is 20.0 Å². The number of carboxylic acid groups (broad SMARTS) is 1. The van der Waals surface area contributed by atoms with E-state index < -0.39 is 11.9 Å². The first kappa shape index (κ1) is 13.6. The predicted molar refractivity (Wildman–Crippen MR) is 68.6 cm³/mol. The Morgan fingerprint density at radius 1 is 1.47 bits per heavy atom. The zero-order valence-corrected chi connectivity index (χ0v) is 11.5. The minimum Gasteiger partial charge on any atom is -0.545 e. The highest BCUT2D eigenvalue weighted by Gasteiger charge is 2.22. The van der Waals surface area contributed by atoms with Crippen molar-refractivity contribution in [1.29, 1.82) is 0 Å². The Bertz CT molecular complexity index is 553. The quantitative estimate of drug-likeness (QED) is 0.874. The minimum atomic E-state index is -1.36. The molecule has 19 heavy (non-hydrogen) atoms. The van der Waals surface area contributed by atoms with Gasteiger partial charge in [-0.15, -0.1) is 0 Å². The van der Waals surface area contributed by atoms with Crippen LogP contribution in [0.5, 0.6) is 0 Å². The number of carbonyl (C=O) groups excluding carboxylic acids is 2. The molecule has 0 saturated heterocycles. The molecule has 1 N–H and O–H groups in total. The van der Waals surface area contributed by atoms with E-state index in [1.54, 1.807) is 0 Å².